The Hall–Kier alpha value is -2.05. The van der Waals surface area contributed by atoms with Crippen LogP contribution in [0.25, 0.3) is 11.0 Å². The van der Waals surface area contributed by atoms with Crippen molar-refractivity contribution in [1.82, 2.24) is 14.3 Å². The molecule has 0 fully saturated rings. The summed E-state index contributed by atoms with van der Waals surface area (Å²) in [5, 5.41) is 4.27. The number of nitrogens with zero attached hydrogens (tertiary/aromatic N) is 4. The quantitative estimate of drug-likeness (QED) is 0.812. The van der Waals surface area contributed by atoms with Crippen LogP contribution in [0.2, 0.25) is 0 Å². The van der Waals surface area contributed by atoms with E-state index in [4.69, 9.17) is 4.52 Å². The van der Waals surface area contributed by atoms with Crippen molar-refractivity contribution >= 4 is 16.9 Å². The van der Waals surface area contributed by atoms with Crippen molar-refractivity contribution in [3.8, 4) is 0 Å². The fourth-order valence-corrected chi connectivity index (χ4v) is 2.33. The molecule has 2 heterocycles. The predicted molar refractivity (Wildman–Crippen MR) is 77.3 cm³/mol. The van der Waals surface area contributed by atoms with Crippen LogP contribution in [0, 0.1) is 0 Å². The summed E-state index contributed by atoms with van der Waals surface area (Å²) in [6, 6.07) is 0. The first-order chi connectivity index (χ1) is 9.52. The van der Waals surface area contributed by atoms with Crippen LogP contribution in [0.1, 0.15) is 26.7 Å². The number of aromatic nitrogens is 3. The molecule has 0 radical (unpaired) electrons. The van der Waals surface area contributed by atoms with E-state index >= 15 is 0 Å². The SMILES string of the molecule is CCCN(CCC)c1onc2c1c(=O)n(C)c(=O)n2C. The van der Waals surface area contributed by atoms with Crippen molar-refractivity contribution in [3.05, 3.63) is 20.8 Å². The van der Waals surface area contributed by atoms with Crippen LogP contribution >= 0.6 is 0 Å². The lowest BCUT2D eigenvalue weighted by Gasteiger charge is -2.19. The molecule has 2 aromatic rings. The van der Waals surface area contributed by atoms with Gasteiger partial charge in [-0.1, -0.05) is 19.0 Å². The topological polar surface area (TPSA) is 73.3 Å². The maximum absolute atomic E-state index is 12.3. The van der Waals surface area contributed by atoms with Crippen molar-refractivity contribution in [2.45, 2.75) is 26.7 Å². The molecular formula is C13H20N4O3. The summed E-state index contributed by atoms with van der Waals surface area (Å²) >= 11 is 0. The Bertz CT molecular complexity index is 720. The Balaban J connectivity index is 2.73. The van der Waals surface area contributed by atoms with Gasteiger partial charge in [-0.05, 0) is 12.8 Å². The monoisotopic (exact) mass is 280 g/mol. The van der Waals surface area contributed by atoms with Crippen molar-refractivity contribution in [2.75, 3.05) is 18.0 Å². The van der Waals surface area contributed by atoms with Crippen LogP contribution < -0.4 is 16.1 Å². The molecular weight excluding hydrogens is 260 g/mol. The van der Waals surface area contributed by atoms with Crippen molar-refractivity contribution < 1.29 is 4.52 Å². The highest BCUT2D eigenvalue weighted by molar-refractivity contribution is 5.85. The third kappa shape index (κ3) is 2.13. The number of fused-ring (bicyclic) bond motifs is 1. The van der Waals surface area contributed by atoms with Gasteiger partial charge in [0.2, 0.25) is 5.88 Å². The molecule has 0 spiro atoms. The Morgan fingerprint density at radius 3 is 2.25 bits per heavy atom. The first kappa shape index (κ1) is 14.4. The highest BCUT2D eigenvalue weighted by atomic mass is 16.5. The number of aryl methyl sites for hydroxylation is 1. The normalized spacial score (nSPS) is 11.2. The van der Waals surface area contributed by atoms with Crippen LogP contribution in [0.4, 0.5) is 5.88 Å². The van der Waals surface area contributed by atoms with Gasteiger partial charge in [0.25, 0.3) is 5.56 Å². The van der Waals surface area contributed by atoms with Crippen LogP contribution in [0.15, 0.2) is 14.1 Å². The van der Waals surface area contributed by atoms with E-state index < -0.39 is 5.69 Å². The van der Waals surface area contributed by atoms with Gasteiger partial charge in [-0.15, -0.1) is 0 Å². The maximum atomic E-state index is 12.3. The van der Waals surface area contributed by atoms with E-state index in [0.717, 1.165) is 30.5 Å². The molecule has 7 nitrogen and oxygen atoms in total. The molecule has 2 rings (SSSR count). The average molecular weight is 280 g/mol. The number of rotatable bonds is 5. The lowest BCUT2D eigenvalue weighted by molar-refractivity contribution is 0.418. The molecule has 2 aromatic heterocycles. The van der Waals surface area contributed by atoms with Gasteiger partial charge in [-0.25, -0.2) is 4.79 Å². The second-order valence-corrected chi connectivity index (χ2v) is 4.88. The minimum Gasteiger partial charge on any atom is -0.340 e. The minimum absolute atomic E-state index is 0.297. The first-order valence-electron chi connectivity index (χ1n) is 6.83. The van der Waals surface area contributed by atoms with Gasteiger partial charge in [0.05, 0.1) is 0 Å². The van der Waals surface area contributed by atoms with Crippen LogP contribution in [0.3, 0.4) is 0 Å². The van der Waals surface area contributed by atoms with Crippen molar-refractivity contribution in [3.63, 3.8) is 0 Å². The number of hydrogen-bond acceptors (Lipinski definition) is 5. The Morgan fingerprint density at radius 2 is 1.70 bits per heavy atom. The highest BCUT2D eigenvalue weighted by Gasteiger charge is 2.21. The van der Waals surface area contributed by atoms with Crippen molar-refractivity contribution in [2.24, 2.45) is 14.1 Å². The van der Waals surface area contributed by atoms with Gasteiger partial charge >= 0.3 is 5.69 Å². The molecule has 0 N–H and O–H groups in total. The average Bonchev–Trinajstić information content (AvgIpc) is 2.87. The zero-order chi connectivity index (χ0) is 14.9. The Morgan fingerprint density at radius 1 is 1.10 bits per heavy atom. The van der Waals surface area contributed by atoms with Gasteiger partial charge in [0.15, 0.2) is 5.65 Å². The van der Waals surface area contributed by atoms with Gasteiger partial charge in [-0.3, -0.25) is 13.9 Å². The highest BCUT2D eigenvalue weighted by Crippen LogP contribution is 2.23. The van der Waals surface area contributed by atoms with Crippen LogP contribution in [-0.4, -0.2) is 27.4 Å². The second kappa shape index (κ2) is 5.52. The molecule has 0 amide bonds. The largest absolute Gasteiger partial charge is 0.340 e. The van der Waals surface area contributed by atoms with E-state index in [-0.39, 0.29) is 5.56 Å². The molecule has 0 atom stereocenters. The molecule has 20 heavy (non-hydrogen) atoms. The van der Waals surface area contributed by atoms with E-state index in [1.807, 2.05) is 4.90 Å². The zero-order valence-electron chi connectivity index (χ0n) is 12.3. The zero-order valence-corrected chi connectivity index (χ0v) is 12.3. The molecule has 0 saturated carbocycles. The number of hydrogen-bond donors (Lipinski definition) is 0. The Kier molecular flexibility index (Phi) is 3.96. The van der Waals surface area contributed by atoms with E-state index in [1.54, 1.807) is 7.05 Å². The third-order valence-corrected chi connectivity index (χ3v) is 3.34. The van der Waals surface area contributed by atoms with E-state index in [9.17, 15) is 9.59 Å². The van der Waals surface area contributed by atoms with Gasteiger partial charge in [0.1, 0.15) is 5.39 Å². The lowest BCUT2D eigenvalue weighted by Crippen LogP contribution is -2.37. The predicted octanol–water partition coefficient (Wildman–Crippen LogP) is 0.852. The summed E-state index contributed by atoms with van der Waals surface area (Å²) in [5.41, 5.74) is -0.471. The molecule has 0 aromatic carbocycles. The Labute approximate surface area is 116 Å². The van der Waals surface area contributed by atoms with Crippen LogP contribution in [0.5, 0.6) is 0 Å². The van der Waals surface area contributed by atoms with Gasteiger partial charge in [0, 0.05) is 27.2 Å². The van der Waals surface area contributed by atoms with E-state index in [0.29, 0.717) is 16.9 Å². The van der Waals surface area contributed by atoms with Crippen molar-refractivity contribution in [1.29, 1.82) is 0 Å². The maximum Gasteiger partial charge on any atom is 0.332 e. The molecule has 0 unspecified atom stereocenters. The summed E-state index contributed by atoms with van der Waals surface area (Å²) < 4.78 is 7.77. The molecule has 0 aliphatic heterocycles. The fourth-order valence-electron chi connectivity index (χ4n) is 2.33. The summed E-state index contributed by atoms with van der Waals surface area (Å²) in [4.78, 5) is 26.2. The number of anilines is 1. The van der Waals surface area contributed by atoms with Gasteiger partial charge < -0.3 is 9.42 Å². The van der Waals surface area contributed by atoms with Crippen LogP contribution in [-0.2, 0) is 14.1 Å². The summed E-state index contributed by atoms with van der Waals surface area (Å²) in [5.74, 6) is 0.458. The minimum atomic E-state index is -0.403. The summed E-state index contributed by atoms with van der Waals surface area (Å²) in [7, 11) is 3.05. The summed E-state index contributed by atoms with van der Waals surface area (Å²) in [6.07, 6.45) is 1.88. The van der Waals surface area contributed by atoms with E-state index in [2.05, 4.69) is 19.0 Å². The molecule has 7 heteroatoms. The lowest BCUT2D eigenvalue weighted by atomic mass is 10.3. The summed E-state index contributed by atoms with van der Waals surface area (Å²) in [6.45, 7) is 5.69. The molecule has 0 saturated heterocycles. The molecule has 0 aliphatic rings. The third-order valence-electron chi connectivity index (χ3n) is 3.34. The second-order valence-electron chi connectivity index (χ2n) is 4.88. The molecule has 0 bridgehead atoms. The smallest absolute Gasteiger partial charge is 0.332 e. The standard InChI is InChI=1S/C13H20N4O3/c1-5-7-17(8-6-2)12-9-10(14-20-12)15(3)13(19)16(4)11(9)18/h5-8H2,1-4H3. The fraction of sp³-hybridized carbons (Fsp3) is 0.615. The molecule has 0 aliphatic carbocycles. The molecule has 110 valence electrons. The first-order valence-corrected chi connectivity index (χ1v) is 6.83. The van der Waals surface area contributed by atoms with Gasteiger partial charge in [-0.2, -0.15) is 0 Å². The van der Waals surface area contributed by atoms with E-state index in [1.165, 1.54) is 11.6 Å².